The topological polar surface area (TPSA) is 80.9 Å². The fraction of sp³-hybridized carbons (Fsp3) is 0.167. The number of benzene rings is 2. The molecule has 0 radical (unpaired) electrons. The highest BCUT2D eigenvalue weighted by atomic mass is 16.4. The summed E-state index contributed by atoms with van der Waals surface area (Å²) < 4.78 is 1.95. The van der Waals surface area contributed by atoms with E-state index in [0.717, 1.165) is 35.7 Å². The highest BCUT2D eigenvalue weighted by Crippen LogP contribution is 2.23. The van der Waals surface area contributed by atoms with Crippen molar-refractivity contribution in [2.75, 3.05) is 0 Å². The maximum Gasteiger partial charge on any atom is 0.336 e. The number of carboxylic acids is 1. The molecule has 2 heterocycles. The lowest BCUT2D eigenvalue weighted by Crippen LogP contribution is -2.06. The molecule has 0 unspecified atom stereocenters. The van der Waals surface area contributed by atoms with Crippen molar-refractivity contribution in [1.82, 2.24) is 19.7 Å². The van der Waals surface area contributed by atoms with Crippen LogP contribution in [0, 0.1) is 0 Å². The first-order valence-corrected chi connectivity index (χ1v) is 9.92. The van der Waals surface area contributed by atoms with Crippen LogP contribution in [0.25, 0.3) is 22.6 Å². The summed E-state index contributed by atoms with van der Waals surface area (Å²) in [5.41, 5.74) is 3.48. The van der Waals surface area contributed by atoms with Crippen LogP contribution in [-0.2, 0) is 13.0 Å². The smallest absolute Gasteiger partial charge is 0.336 e. The van der Waals surface area contributed by atoms with Crippen molar-refractivity contribution in [2.24, 2.45) is 0 Å². The van der Waals surface area contributed by atoms with Crippen molar-refractivity contribution in [3.63, 3.8) is 0 Å². The highest BCUT2D eigenvalue weighted by Gasteiger charge is 2.14. The molecule has 0 fully saturated rings. The van der Waals surface area contributed by atoms with Gasteiger partial charge in [0.05, 0.1) is 11.3 Å². The average molecular weight is 398 g/mol. The highest BCUT2D eigenvalue weighted by molar-refractivity contribution is 5.95. The van der Waals surface area contributed by atoms with E-state index in [0.29, 0.717) is 17.7 Å². The molecule has 0 aliphatic carbocycles. The Bertz CT molecular complexity index is 1150. The van der Waals surface area contributed by atoms with Crippen molar-refractivity contribution < 1.29 is 9.90 Å². The molecular formula is C24H22N4O2. The molecule has 1 N–H and O–H groups in total. The Morgan fingerprint density at radius 2 is 1.77 bits per heavy atom. The fourth-order valence-electron chi connectivity index (χ4n) is 3.37. The first-order chi connectivity index (χ1) is 14.7. The zero-order valence-corrected chi connectivity index (χ0v) is 16.7. The number of carbonyl (C=O) groups is 1. The van der Waals surface area contributed by atoms with Gasteiger partial charge in [0.25, 0.3) is 0 Å². The molecule has 0 saturated heterocycles. The molecule has 2 aromatic heterocycles. The van der Waals surface area contributed by atoms with Crippen LogP contribution in [0.5, 0.6) is 0 Å². The number of rotatable bonds is 7. The van der Waals surface area contributed by atoms with Gasteiger partial charge in [-0.25, -0.2) is 14.5 Å². The number of nitrogens with zero attached hydrogens (tertiary/aromatic N) is 4. The van der Waals surface area contributed by atoms with E-state index in [-0.39, 0.29) is 5.56 Å². The molecule has 2 aromatic carbocycles. The van der Waals surface area contributed by atoms with Crippen LogP contribution in [-0.4, -0.2) is 30.8 Å². The summed E-state index contributed by atoms with van der Waals surface area (Å²) in [4.78, 5) is 20.7. The van der Waals surface area contributed by atoms with Crippen molar-refractivity contribution in [3.8, 4) is 22.6 Å². The molecule has 0 aliphatic heterocycles. The molecule has 0 atom stereocenters. The third kappa shape index (κ3) is 4.12. The molecule has 30 heavy (non-hydrogen) atoms. The number of aromatic nitrogens is 4. The number of carboxylic acid groups (broad SMARTS) is 1. The molecular weight excluding hydrogens is 376 g/mol. The molecule has 0 amide bonds. The zero-order chi connectivity index (χ0) is 20.9. The minimum absolute atomic E-state index is 0.243. The Labute approximate surface area is 174 Å². The van der Waals surface area contributed by atoms with E-state index in [1.807, 2.05) is 53.2 Å². The second kappa shape index (κ2) is 8.69. The van der Waals surface area contributed by atoms with Crippen LogP contribution < -0.4 is 0 Å². The van der Waals surface area contributed by atoms with E-state index in [1.165, 1.54) is 0 Å². The van der Waals surface area contributed by atoms with Gasteiger partial charge in [0.1, 0.15) is 5.82 Å². The first-order valence-electron chi connectivity index (χ1n) is 9.92. The Morgan fingerprint density at radius 1 is 1.00 bits per heavy atom. The van der Waals surface area contributed by atoms with Crippen LogP contribution in [0.4, 0.5) is 0 Å². The summed E-state index contributed by atoms with van der Waals surface area (Å²) in [6.07, 6.45) is 3.35. The van der Waals surface area contributed by atoms with E-state index in [4.69, 9.17) is 4.98 Å². The van der Waals surface area contributed by atoms with Gasteiger partial charge in [-0.2, -0.15) is 5.10 Å². The maximum atomic E-state index is 11.5. The van der Waals surface area contributed by atoms with Gasteiger partial charge in [0.2, 0.25) is 0 Å². The predicted octanol–water partition coefficient (Wildman–Crippen LogP) is 4.71. The summed E-state index contributed by atoms with van der Waals surface area (Å²) in [7, 11) is 0. The van der Waals surface area contributed by atoms with Gasteiger partial charge >= 0.3 is 5.97 Å². The van der Waals surface area contributed by atoms with E-state index in [1.54, 1.807) is 24.4 Å². The minimum atomic E-state index is -0.961. The lowest BCUT2D eigenvalue weighted by molar-refractivity contribution is 0.0697. The van der Waals surface area contributed by atoms with Crippen LogP contribution >= 0.6 is 0 Å². The van der Waals surface area contributed by atoms with Crippen molar-refractivity contribution in [1.29, 1.82) is 0 Å². The van der Waals surface area contributed by atoms with Crippen molar-refractivity contribution >= 4 is 5.97 Å². The third-order valence-corrected chi connectivity index (χ3v) is 4.84. The lowest BCUT2D eigenvalue weighted by Gasteiger charge is -2.07. The Kier molecular flexibility index (Phi) is 5.66. The van der Waals surface area contributed by atoms with Crippen LogP contribution in [0.3, 0.4) is 0 Å². The van der Waals surface area contributed by atoms with Crippen LogP contribution in [0.15, 0.2) is 72.9 Å². The largest absolute Gasteiger partial charge is 0.478 e. The molecule has 6 heteroatoms. The Morgan fingerprint density at radius 3 is 2.47 bits per heavy atom. The molecule has 150 valence electrons. The summed E-state index contributed by atoms with van der Waals surface area (Å²) >= 11 is 0. The number of pyridine rings is 1. The molecule has 0 spiro atoms. The normalized spacial score (nSPS) is 10.8. The van der Waals surface area contributed by atoms with E-state index < -0.39 is 5.97 Å². The Hall–Kier alpha value is -3.80. The monoisotopic (exact) mass is 398 g/mol. The summed E-state index contributed by atoms with van der Waals surface area (Å²) in [6, 6.07) is 20.7. The second-order valence-corrected chi connectivity index (χ2v) is 7.02. The van der Waals surface area contributed by atoms with E-state index in [9.17, 15) is 9.90 Å². The molecule has 0 bridgehead atoms. The number of hydrogen-bond acceptors (Lipinski definition) is 4. The second-order valence-electron chi connectivity index (χ2n) is 7.02. The predicted molar refractivity (Wildman–Crippen MR) is 115 cm³/mol. The van der Waals surface area contributed by atoms with Crippen molar-refractivity contribution in [2.45, 2.75) is 26.3 Å². The fourth-order valence-corrected chi connectivity index (χ4v) is 3.37. The zero-order valence-electron chi connectivity index (χ0n) is 16.7. The van der Waals surface area contributed by atoms with Crippen LogP contribution in [0.2, 0.25) is 0 Å². The van der Waals surface area contributed by atoms with E-state index in [2.05, 4.69) is 17.0 Å². The van der Waals surface area contributed by atoms with Crippen molar-refractivity contribution in [3.05, 3.63) is 89.9 Å². The maximum absolute atomic E-state index is 11.5. The quantitative estimate of drug-likeness (QED) is 0.488. The van der Waals surface area contributed by atoms with Gasteiger partial charge in [-0.3, -0.25) is 4.98 Å². The lowest BCUT2D eigenvalue weighted by atomic mass is 10.0. The number of hydrogen-bond donors (Lipinski definition) is 1. The molecule has 0 saturated carbocycles. The summed E-state index contributed by atoms with van der Waals surface area (Å²) in [5, 5.41) is 14.1. The first kappa shape index (κ1) is 19.5. The SMILES string of the molecule is CCCn1nc(-c2ccccc2)nc1Cc1ccc(-c2ccccc2C(=O)O)nc1. The van der Waals surface area contributed by atoms with E-state index >= 15 is 0 Å². The number of aryl methyl sites for hydroxylation is 1. The molecule has 0 aliphatic rings. The van der Waals surface area contributed by atoms with Gasteiger partial charge in [0.15, 0.2) is 5.82 Å². The van der Waals surface area contributed by atoms with Gasteiger partial charge in [-0.1, -0.05) is 61.5 Å². The van der Waals surface area contributed by atoms with Gasteiger partial charge in [0, 0.05) is 30.3 Å². The average Bonchev–Trinajstić information content (AvgIpc) is 3.17. The van der Waals surface area contributed by atoms with Gasteiger partial charge < -0.3 is 5.11 Å². The summed E-state index contributed by atoms with van der Waals surface area (Å²) in [5.74, 6) is 0.646. The number of aromatic carboxylic acids is 1. The molecule has 4 rings (SSSR count). The van der Waals surface area contributed by atoms with Crippen LogP contribution in [0.1, 0.15) is 35.1 Å². The standard InChI is InChI=1S/C24H22N4O2/c1-2-14-28-22(26-23(27-28)18-8-4-3-5-9-18)15-17-12-13-21(25-16-17)19-10-6-7-11-20(19)24(29)30/h3-13,16H,2,14-15H2,1H3,(H,29,30). The minimum Gasteiger partial charge on any atom is -0.478 e. The summed E-state index contributed by atoms with van der Waals surface area (Å²) in [6.45, 7) is 2.91. The molecule has 4 aromatic rings. The van der Waals surface area contributed by atoms with Gasteiger partial charge in [-0.05, 0) is 24.1 Å². The third-order valence-electron chi connectivity index (χ3n) is 4.84. The Balaban J connectivity index is 1.61. The van der Waals surface area contributed by atoms with Gasteiger partial charge in [-0.15, -0.1) is 0 Å². The molecule has 6 nitrogen and oxygen atoms in total.